The van der Waals surface area contributed by atoms with E-state index in [1.807, 2.05) is 41.9 Å². The van der Waals surface area contributed by atoms with Gasteiger partial charge in [0.2, 0.25) is 5.91 Å². The molecule has 0 aliphatic rings. The molecule has 3 aromatic heterocycles. The molecule has 0 aliphatic carbocycles. The number of anilines is 1. The van der Waals surface area contributed by atoms with Crippen molar-refractivity contribution in [1.82, 2.24) is 9.97 Å². The molecule has 1 amide bonds. The summed E-state index contributed by atoms with van der Waals surface area (Å²) in [5, 5.41) is 10.5. The summed E-state index contributed by atoms with van der Waals surface area (Å²) in [4.78, 5) is 21.3. The van der Waals surface area contributed by atoms with Gasteiger partial charge in [0.05, 0.1) is 22.3 Å². The fourth-order valence-corrected chi connectivity index (χ4v) is 4.87. The molecular weight excluding hydrogens is 358 g/mol. The summed E-state index contributed by atoms with van der Waals surface area (Å²) in [6, 6.07) is 8.08. The zero-order valence-corrected chi connectivity index (χ0v) is 15.2. The van der Waals surface area contributed by atoms with Crippen molar-refractivity contribution in [3.05, 3.63) is 51.7 Å². The van der Waals surface area contributed by atoms with Gasteiger partial charge in [-0.25, -0.2) is 9.97 Å². The van der Waals surface area contributed by atoms with E-state index in [9.17, 15) is 4.79 Å². The maximum atomic E-state index is 12.3. The van der Waals surface area contributed by atoms with E-state index in [0.29, 0.717) is 5.13 Å². The quantitative estimate of drug-likeness (QED) is 0.551. The van der Waals surface area contributed by atoms with Crippen molar-refractivity contribution in [2.24, 2.45) is 0 Å². The van der Waals surface area contributed by atoms with Crippen LogP contribution >= 0.6 is 34.0 Å². The molecule has 0 fully saturated rings. The molecule has 120 valence electrons. The number of aromatic nitrogens is 2. The zero-order chi connectivity index (χ0) is 16.5. The van der Waals surface area contributed by atoms with E-state index in [1.54, 1.807) is 22.7 Å². The molecule has 0 saturated carbocycles. The van der Waals surface area contributed by atoms with Gasteiger partial charge < -0.3 is 5.32 Å². The smallest absolute Gasteiger partial charge is 0.232 e. The van der Waals surface area contributed by atoms with Crippen molar-refractivity contribution < 1.29 is 4.79 Å². The number of benzene rings is 1. The molecule has 1 N–H and O–H groups in total. The highest BCUT2D eigenvalue weighted by Gasteiger charge is 2.12. The van der Waals surface area contributed by atoms with Gasteiger partial charge in [-0.1, -0.05) is 23.5 Å². The third kappa shape index (κ3) is 3.10. The number of thiophene rings is 1. The third-order valence-electron chi connectivity index (χ3n) is 3.53. The summed E-state index contributed by atoms with van der Waals surface area (Å²) in [5.41, 5.74) is 3.96. The Balaban J connectivity index is 1.47. The van der Waals surface area contributed by atoms with Gasteiger partial charge >= 0.3 is 0 Å². The highest BCUT2D eigenvalue weighted by molar-refractivity contribution is 7.22. The first-order valence-electron chi connectivity index (χ1n) is 7.32. The Kier molecular flexibility index (Phi) is 4.13. The highest BCUT2D eigenvalue weighted by atomic mass is 32.1. The number of amides is 1. The minimum Gasteiger partial charge on any atom is -0.302 e. The molecular formula is C17H13N3OS3. The van der Waals surface area contributed by atoms with Crippen molar-refractivity contribution in [3.63, 3.8) is 0 Å². The second-order valence-corrected chi connectivity index (χ2v) is 7.99. The van der Waals surface area contributed by atoms with Crippen molar-refractivity contribution in [3.8, 4) is 10.6 Å². The first-order chi connectivity index (χ1) is 11.7. The molecule has 0 radical (unpaired) electrons. The van der Waals surface area contributed by atoms with Gasteiger partial charge in [0.1, 0.15) is 5.01 Å². The minimum absolute atomic E-state index is 0.0890. The van der Waals surface area contributed by atoms with E-state index < -0.39 is 0 Å². The molecule has 4 rings (SSSR count). The van der Waals surface area contributed by atoms with Crippen LogP contribution < -0.4 is 5.32 Å². The lowest BCUT2D eigenvalue weighted by Crippen LogP contribution is -2.14. The van der Waals surface area contributed by atoms with E-state index in [0.717, 1.165) is 32.0 Å². The third-order valence-corrected chi connectivity index (χ3v) is 6.09. The predicted molar refractivity (Wildman–Crippen MR) is 102 cm³/mol. The van der Waals surface area contributed by atoms with Crippen LogP contribution in [0.2, 0.25) is 0 Å². The number of thiazole rings is 2. The molecule has 7 heteroatoms. The normalized spacial score (nSPS) is 11.0. The van der Waals surface area contributed by atoms with Crippen LogP contribution in [0, 0.1) is 6.92 Å². The Morgan fingerprint density at radius 1 is 1.21 bits per heavy atom. The summed E-state index contributed by atoms with van der Waals surface area (Å²) in [6.07, 6.45) is 0.259. The maximum Gasteiger partial charge on any atom is 0.232 e. The zero-order valence-electron chi connectivity index (χ0n) is 12.8. The summed E-state index contributed by atoms with van der Waals surface area (Å²) in [6.45, 7) is 2.02. The number of nitrogens with zero attached hydrogens (tertiary/aromatic N) is 2. The molecule has 4 nitrogen and oxygen atoms in total. The molecule has 24 heavy (non-hydrogen) atoms. The number of nitrogens with one attached hydrogen (secondary N) is 1. The van der Waals surface area contributed by atoms with Gasteiger partial charge in [-0.15, -0.1) is 11.3 Å². The van der Waals surface area contributed by atoms with Gasteiger partial charge in [-0.05, 0) is 30.0 Å². The first kappa shape index (κ1) is 15.4. The van der Waals surface area contributed by atoms with Gasteiger partial charge in [0, 0.05) is 16.3 Å². The highest BCUT2D eigenvalue weighted by Crippen LogP contribution is 2.28. The first-order valence-corrected chi connectivity index (χ1v) is 9.96. The van der Waals surface area contributed by atoms with Crippen LogP contribution in [0.4, 0.5) is 5.13 Å². The molecule has 4 aromatic rings. The van der Waals surface area contributed by atoms with Crippen LogP contribution in [0.15, 0.2) is 40.4 Å². The molecule has 3 heterocycles. The lowest BCUT2D eigenvalue weighted by molar-refractivity contribution is -0.115. The largest absolute Gasteiger partial charge is 0.302 e. The topological polar surface area (TPSA) is 54.9 Å². The molecule has 0 saturated heterocycles. The summed E-state index contributed by atoms with van der Waals surface area (Å²) >= 11 is 4.70. The van der Waals surface area contributed by atoms with Crippen molar-refractivity contribution in [2.45, 2.75) is 13.3 Å². The maximum absolute atomic E-state index is 12.3. The van der Waals surface area contributed by atoms with Gasteiger partial charge in [0.25, 0.3) is 0 Å². The van der Waals surface area contributed by atoms with Crippen molar-refractivity contribution in [1.29, 1.82) is 0 Å². The second-order valence-electron chi connectivity index (χ2n) is 5.32. The Morgan fingerprint density at radius 3 is 2.92 bits per heavy atom. The van der Waals surface area contributed by atoms with E-state index in [4.69, 9.17) is 0 Å². The number of aryl methyl sites for hydroxylation is 1. The van der Waals surface area contributed by atoms with E-state index in [-0.39, 0.29) is 12.3 Å². The van der Waals surface area contributed by atoms with Crippen LogP contribution in [-0.2, 0) is 11.2 Å². The lowest BCUT2D eigenvalue weighted by atomic mass is 10.2. The number of hydrogen-bond acceptors (Lipinski definition) is 6. The lowest BCUT2D eigenvalue weighted by Gasteiger charge is -1.98. The molecule has 0 unspecified atom stereocenters. The molecule has 0 aliphatic heterocycles. The van der Waals surface area contributed by atoms with Crippen LogP contribution in [0.25, 0.3) is 20.8 Å². The van der Waals surface area contributed by atoms with Crippen LogP contribution in [0.3, 0.4) is 0 Å². The van der Waals surface area contributed by atoms with Gasteiger partial charge in [0.15, 0.2) is 5.13 Å². The number of fused-ring (bicyclic) bond motifs is 1. The Morgan fingerprint density at radius 2 is 2.12 bits per heavy atom. The van der Waals surface area contributed by atoms with E-state index in [1.165, 1.54) is 11.3 Å². The minimum atomic E-state index is -0.0890. The fraction of sp³-hybridized carbons (Fsp3) is 0.118. The monoisotopic (exact) mass is 371 g/mol. The van der Waals surface area contributed by atoms with E-state index in [2.05, 4.69) is 20.7 Å². The standard InChI is InChI=1S/C17H13N3OS3/c1-10-3-2-4-13-15(10)20-17(24-13)19-14(21)7-12-9-23-16(18-12)11-5-6-22-8-11/h2-6,8-9H,7H2,1H3,(H,19,20,21). The van der Waals surface area contributed by atoms with Crippen LogP contribution in [-0.4, -0.2) is 15.9 Å². The average Bonchev–Trinajstić information content (AvgIpc) is 3.26. The Labute approximate surface area is 150 Å². The number of para-hydroxylation sites is 1. The second kappa shape index (κ2) is 6.43. The number of hydrogen-bond donors (Lipinski definition) is 1. The van der Waals surface area contributed by atoms with Gasteiger partial charge in [-0.3, -0.25) is 4.79 Å². The van der Waals surface area contributed by atoms with Crippen molar-refractivity contribution >= 4 is 55.3 Å². The molecule has 1 aromatic carbocycles. The Hall–Kier alpha value is -2.09. The van der Waals surface area contributed by atoms with Crippen molar-refractivity contribution in [2.75, 3.05) is 5.32 Å². The number of rotatable bonds is 4. The number of carbonyl (C=O) groups is 1. The average molecular weight is 372 g/mol. The van der Waals surface area contributed by atoms with E-state index >= 15 is 0 Å². The fourth-order valence-electron chi connectivity index (χ4n) is 2.37. The molecule has 0 bridgehead atoms. The summed E-state index contributed by atoms with van der Waals surface area (Å²) in [7, 11) is 0. The van der Waals surface area contributed by atoms with Crippen LogP contribution in [0.5, 0.6) is 0 Å². The van der Waals surface area contributed by atoms with Crippen LogP contribution in [0.1, 0.15) is 11.3 Å². The summed E-state index contributed by atoms with van der Waals surface area (Å²) in [5.74, 6) is -0.0890. The Bertz CT molecular complexity index is 1000. The number of carbonyl (C=O) groups excluding carboxylic acids is 1. The van der Waals surface area contributed by atoms with Gasteiger partial charge in [-0.2, -0.15) is 11.3 Å². The summed E-state index contributed by atoms with van der Waals surface area (Å²) < 4.78 is 1.08. The molecule has 0 atom stereocenters. The SMILES string of the molecule is Cc1cccc2sc(NC(=O)Cc3csc(-c4ccsc4)n3)nc12. The predicted octanol–water partition coefficient (Wildman–Crippen LogP) is 4.97. The molecule has 0 spiro atoms.